The third kappa shape index (κ3) is 2.76. The molecule has 124 valence electrons. The van der Waals surface area contributed by atoms with E-state index >= 15 is 0 Å². The molecule has 0 aliphatic carbocycles. The highest BCUT2D eigenvalue weighted by Crippen LogP contribution is 2.26. The van der Waals surface area contributed by atoms with Crippen molar-refractivity contribution in [1.29, 1.82) is 0 Å². The Balaban J connectivity index is 2.10. The molecule has 3 rings (SSSR count). The average molecular weight is 326 g/mol. The number of carboxylic acid groups (broad SMARTS) is 1. The zero-order valence-electron chi connectivity index (χ0n) is 13.7. The van der Waals surface area contributed by atoms with E-state index in [0.717, 1.165) is 17.0 Å². The minimum absolute atomic E-state index is 0.195. The van der Waals surface area contributed by atoms with Crippen molar-refractivity contribution in [3.63, 3.8) is 0 Å². The molecule has 0 aliphatic heterocycles. The van der Waals surface area contributed by atoms with Gasteiger partial charge in [0.15, 0.2) is 5.65 Å². The Morgan fingerprint density at radius 1 is 1.33 bits per heavy atom. The first-order chi connectivity index (χ1) is 11.5. The van der Waals surface area contributed by atoms with E-state index in [0.29, 0.717) is 17.9 Å². The molecule has 0 aliphatic rings. The molecule has 0 unspecified atom stereocenters. The summed E-state index contributed by atoms with van der Waals surface area (Å²) in [4.78, 5) is 21.9. The highest BCUT2D eigenvalue weighted by Gasteiger charge is 2.16. The fourth-order valence-electron chi connectivity index (χ4n) is 2.62. The largest absolute Gasteiger partial charge is 0.496 e. The van der Waals surface area contributed by atoms with Crippen molar-refractivity contribution in [3.05, 3.63) is 47.7 Å². The molecule has 0 bridgehead atoms. The standard InChI is InChI=1S/C17H18N4O3/c1-20(2)17-19-15-13(5-4-8-18-15)21(17)10-12-7-6-11(16(22)23)9-14(12)24-3/h4-9H,10H2,1-3H3,(H,22,23). The molecule has 0 spiro atoms. The van der Waals surface area contributed by atoms with E-state index in [4.69, 9.17) is 9.84 Å². The zero-order chi connectivity index (χ0) is 17.3. The second-order valence-electron chi connectivity index (χ2n) is 5.57. The summed E-state index contributed by atoms with van der Waals surface area (Å²) in [5.41, 5.74) is 2.64. The Hall–Kier alpha value is -3.09. The van der Waals surface area contributed by atoms with E-state index in [1.54, 1.807) is 18.3 Å². The van der Waals surface area contributed by atoms with Crippen LogP contribution in [0.5, 0.6) is 5.75 Å². The fourth-order valence-corrected chi connectivity index (χ4v) is 2.62. The van der Waals surface area contributed by atoms with Gasteiger partial charge in [0.1, 0.15) is 5.75 Å². The molecule has 1 N–H and O–H groups in total. The maximum Gasteiger partial charge on any atom is 0.335 e. The Kier molecular flexibility index (Phi) is 4.07. The van der Waals surface area contributed by atoms with E-state index in [1.807, 2.05) is 35.7 Å². The van der Waals surface area contributed by atoms with Gasteiger partial charge in [0.05, 0.1) is 24.7 Å². The van der Waals surface area contributed by atoms with Crippen LogP contribution in [0.15, 0.2) is 36.5 Å². The monoisotopic (exact) mass is 326 g/mol. The second-order valence-corrected chi connectivity index (χ2v) is 5.57. The van der Waals surface area contributed by atoms with E-state index in [-0.39, 0.29) is 5.56 Å². The molecule has 7 nitrogen and oxygen atoms in total. The van der Waals surface area contributed by atoms with Crippen molar-refractivity contribution >= 4 is 23.1 Å². The minimum Gasteiger partial charge on any atom is -0.496 e. The predicted molar refractivity (Wildman–Crippen MR) is 90.9 cm³/mol. The lowest BCUT2D eigenvalue weighted by Crippen LogP contribution is -2.16. The number of benzene rings is 1. The van der Waals surface area contributed by atoms with Crippen molar-refractivity contribution in [2.45, 2.75) is 6.54 Å². The highest BCUT2D eigenvalue weighted by molar-refractivity contribution is 5.88. The van der Waals surface area contributed by atoms with Crippen LogP contribution >= 0.6 is 0 Å². The van der Waals surface area contributed by atoms with Gasteiger partial charge in [-0.15, -0.1) is 0 Å². The lowest BCUT2D eigenvalue weighted by molar-refractivity contribution is 0.0696. The Labute approximate surface area is 139 Å². The molecule has 2 heterocycles. The lowest BCUT2D eigenvalue weighted by Gasteiger charge is -2.16. The van der Waals surface area contributed by atoms with Crippen molar-refractivity contribution in [2.24, 2.45) is 0 Å². The maximum atomic E-state index is 11.1. The van der Waals surface area contributed by atoms with Crippen LogP contribution in [0, 0.1) is 0 Å². The van der Waals surface area contributed by atoms with Gasteiger partial charge in [0.2, 0.25) is 5.95 Å². The summed E-state index contributed by atoms with van der Waals surface area (Å²) in [6.07, 6.45) is 1.71. The zero-order valence-corrected chi connectivity index (χ0v) is 13.7. The number of imidazole rings is 1. The summed E-state index contributed by atoms with van der Waals surface area (Å²) in [7, 11) is 5.37. The number of aromatic nitrogens is 3. The molecule has 1 aromatic carbocycles. The molecular formula is C17H18N4O3. The number of methoxy groups -OCH3 is 1. The molecule has 0 amide bonds. The summed E-state index contributed by atoms with van der Waals surface area (Å²) in [6.45, 7) is 0.499. The quantitative estimate of drug-likeness (QED) is 0.774. The second kappa shape index (κ2) is 6.19. The molecule has 3 aromatic rings. The van der Waals surface area contributed by atoms with E-state index < -0.39 is 5.97 Å². The number of anilines is 1. The van der Waals surface area contributed by atoms with Crippen LogP contribution in [0.4, 0.5) is 5.95 Å². The Morgan fingerprint density at radius 2 is 2.12 bits per heavy atom. The van der Waals surface area contributed by atoms with Gasteiger partial charge in [-0.1, -0.05) is 6.07 Å². The van der Waals surface area contributed by atoms with Gasteiger partial charge >= 0.3 is 5.97 Å². The average Bonchev–Trinajstić information content (AvgIpc) is 2.94. The maximum absolute atomic E-state index is 11.1. The topological polar surface area (TPSA) is 80.5 Å². The van der Waals surface area contributed by atoms with Crippen LogP contribution in [-0.2, 0) is 6.54 Å². The van der Waals surface area contributed by atoms with Crippen LogP contribution in [0.2, 0.25) is 0 Å². The van der Waals surface area contributed by atoms with Gasteiger partial charge in [0.25, 0.3) is 0 Å². The SMILES string of the molecule is COc1cc(C(=O)O)ccc1Cn1c(N(C)C)nc2ncccc21. The van der Waals surface area contributed by atoms with Crippen molar-refractivity contribution in [2.75, 3.05) is 26.1 Å². The third-order valence-corrected chi connectivity index (χ3v) is 3.77. The normalized spacial score (nSPS) is 10.8. The van der Waals surface area contributed by atoms with E-state index in [1.165, 1.54) is 13.2 Å². The summed E-state index contributed by atoms with van der Waals surface area (Å²) in [5, 5.41) is 9.12. The van der Waals surface area contributed by atoms with Gasteiger partial charge in [-0.3, -0.25) is 0 Å². The van der Waals surface area contributed by atoms with Crippen LogP contribution in [0.25, 0.3) is 11.2 Å². The van der Waals surface area contributed by atoms with Crippen molar-refractivity contribution < 1.29 is 14.6 Å². The number of hydrogen-bond acceptors (Lipinski definition) is 5. The third-order valence-electron chi connectivity index (χ3n) is 3.77. The summed E-state index contributed by atoms with van der Waals surface area (Å²) in [5.74, 6) is 0.324. The van der Waals surface area contributed by atoms with Crippen molar-refractivity contribution in [3.8, 4) is 5.75 Å². The number of carboxylic acids is 1. The first kappa shape index (κ1) is 15.8. The predicted octanol–water partition coefficient (Wildman–Crippen LogP) is 2.25. The molecule has 0 fully saturated rings. The number of hydrogen-bond donors (Lipinski definition) is 1. The smallest absolute Gasteiger partial charge is 0.335 e. The molecule has 0 radical (unpaired) electrons. The molecule has 0 saturated carbocycles. The number of aromatic carboxylic acids is 1. The molecule has 7 heteroatoms. The lowest BCUT2D eigenvalue weighted by atomic mass is 10.1. The summed E-state index contributed by atoms with van der Waals surface area (Å²) >= 11 is 0. The first-order valence-electron chi connectivity index (χ1n) is 7.40. The number of carbonyl (C=O) groups is 1. The van der Waals surface area contributed by atoms with Gasteiger partial charge in [-0.2, -0.15) is 4.98 Å². The number of fused-ring (bicyclic) bond motifs is 1. The Bertz CT molecular complexity index is 902. The van der Waals surface area contributed by atoms with Crippen molar-refractivity contribution in [1.82, 2.24) is 14.5 Å². The molecule has 0 saturated heterocycles. The summed E-state index contributed by atoms with van der Waals surface area (Å²) in [6, 6.07) is 8.70. The van der Waals surface area contributed by atoms with Crippen LogP contribution in [0.3, 0.4) is 0 Å². The highest BCUT2D eigenvalue weighted by atomic mass is 16.5. The van der Waals surface area contributed by atoms with Gasteiger partial charge in [-0.25, -0.2) is 9.78 Å². The molecule has 0 atom stereocenters. The first-order valence-corrected chi connectivity index (χ1v) is 7.40. The van der Waals surface area contributed by atoms with Crippen LogP contribution in [-0.4, -0.2) is 46.8 Å². The molecule has 24 heavy (non-hydrogen) atoms. The fraction of sp³-hybridized carbons (Fsp3) is 0.235. The molecule has 2 aromatic heterocycles. The number of nitrogens with zero attached hydrogens (tertiary/aromatic N) is 4. The minimum atomic E-state index is -0.980. The van der Waals surface area contributed by atoms with Crippen LogP contribution in [0.1, 0.15) is 15.9 Å². The number of ether oxygens (including phenoxy) is 1. The van der Waals surface area contributed by atoms with E-state index in [9.17, 15) is 4.79 Å². The van der Waals surface area contributed by atoms with Crippen LogP contribution < -0.4 is 9.64 Å². The number of rotatable bonds is 5. The number of pyridine rings is 1. The summed E-state index contributed by atoms with van der Waals surface area (Å²) < 4.78 is 7.40. The van der Waals surface area contributed by atoms with Gasteiger partial charge in [0, 0.05) is 25.9 Å². The molecular weight excluding hydrogens is 308 g/mol. The van der Waals surface area contributed by atoms with Gasteiger partial charge < -0.3 is 19.3 Å². The van der Waals surface area contributed by atoms with E-state index in [2.05, 4.69) is 9.97 Å². The Morgan fingerprint density at radius 3 is 2.79 bits per heavy atom. The van der Waals surface area contributed by atoms with Gasteiger partial charge in [-0.05, 0) is 24.3 Å².